The average molecular weight is 384 g/mol. The highest BCUT2D eigenvalue weighted by Crippen LogP contribution is 2.65. The molecule has 4 aliphatic carbocycles. The van der Waals surface area contributed by atoms with Crippen LogP contribution >= 0.6 is 0 Å². The maximum atomic E-state index is 13.0. The van der Waals surface area contributed by atoms with Crippen LogP contribution in [0.3, 0.4) is 0 Å². The molecule has 0 aromatic carbocycles. The van der Waals surface area contributed by atoms with Crippen molar-refractivity contribution in [3.05, 3.63) is 23.0 Å². The minimum atomic E-state index is -4.97. The lowest BCUT2D eigenvalue weighted by Gasteiger charge is -2.57. The number of halogens is 3. The number of hydrogen-bond acceptors (Lipinski definition) is 3. The normalized spacial score (nSPS) is 44.3. The summed E-state index contributed by atoms with van der Waals surface area (Å²) in [5.74, 6) is -1.52. The van der Waals surface area contributed by atoms with Crippen LogP contribution in [0.2, 0.25) is 0 Å². The molecule has 0 unspecified atom stereocenters. The van der Waals surface area contributed by atoms with Crippen molar-refractivity contribution in [3.63, 3.8) is 0 Å². The number of carbonyl (C=O) groups is 1. The summed E-state index contributed by atoms with van der Waals surface area (Å²) in [6.07, 6.45) is 1.24. The van der Waals surface area contributed by atoms with Gasteiger partial charge in [0.1, 0.15) is 5.76 Å². The number of aliphatic hydroxyl groups is 2. The highest BCUT2D eigenvalue weighted by atomic mass is 19.4. The third-order valence-corrected chi connectivity index (χ3v) is 8.38. The largest absolute Gasteiger partial charge is 0.508 e. The first kappa shape index (κ1) is 19.0. The summed E-state index contributed by atoms with van der Waals surface area (Å²) in [4.78, 5) is 11.9. The molecule has 3 saturated carbocycles. The van der Waals surface area contributed by atoms with E-state index in [1.807, 2.05) is 6.92 Å². The molecule has 0 radical (unpaired) electrons. The molecular weight excluding hydrogens is 357 g/mol. The summed E-state index contributed by atoms with van der Waals surface area (Å²) in [5.41, 5.74) is -0.146. The molecule has 27 heavy (non-hydrogen) atoms. The maximum absolute atomic E-state index is 13.0. The van der Waals surface area contributed by atoms with E-state index in [0.717, 1.165) is 44.1 Å². The van der Waals surface area contributed by atoms with E-state index in [1.165, 1.54) is 6.08 Å². The number of hydrogen-bond donors (Lipinski definition) is 2. The zero-order valence-corrected chi connectivity index (χ0v) is 15.8. The Morgan fingerprint density at radius 1 is 1.15 bits per heavy atom. The zero-order valence-electron chi connectivity index (χ0n) is 15.8. The molecule has 6 atom stereocenters. The predicted molar refractivity (Wildman–Crippen MR) is 93.8 cm³/mol. The molecule has 3 fully saturated rings. The lowest BCUT2D eigenvalue weighted by molar-refractivity contribution is -0.167. The third kappa shape index (κ3) is 2.62. The number of fused-ring (bicyclic) bond motifs is 5. The Hall–Kier alpha value is -1.30. The summed E-state index contributed by atoms with van der Waals surface area (Å²) in [6.45, 7) is 4.13. The number of aliphatic hydroxyl groups excluding tert-OH is 2. The van der Waals surface area contributed by atoms with Crippen LogP contribution in [-0.4, -0.2) is 28.3 Å². The molecule has 0 aromatic rings. The summed E-state index contributed by atoms with van der Waals surface area (Å²) in [7, 11) is 0. The van der Waals surface area contributed by atoms with Gasteiger partial charge in [-0.05, 0) is 79.6 Å². The Balaban J connectivity index is 1.69. The second-order valence-corrected chi connectivity index (χ2v) is 9.51. The smallest absolute Gasteiger partial charge is 0.454 e. The number of allylic oxidation sites excluding steroid dienone is 3. The van der Waals surface area contributed by atoms with Crippen LogP contribution in [0.4, 0.5) is 13.2 Å². The number of carbonyl (C=O) groups excluding carboxylic acids is 1. The van der Waals surface area contributed by atoms with E-state index in [9.17, 15) is 28.2 Å². The Bertz CT molecular complexity index is 737. The molecule has 2 N–H and O–H groups in total. The second kappa shape index (κ2) is 5.85. The van der Waals surface area contributed by atoms with Crippen LogP contribution < -0.4 is 0 Å². The van der Waals surface area contributed by atoms with Crippen LogP contribution in [0.1, 0.15) is 58.8 Å². The molecule has 4 aliphatic rings. The molecule has 6 heteroatoms. The fourth-order valence-corrected chi connectivity index (χ4v) is 6.86. The maximum Gasteiger partial charge on any atom is 0.454 e. The summed E-state index contributed by atoms with van der Waals surface area (Å²) in [6, 6.07) is 0. The second-order valence-electron chi connectivity index (χ2n) is 9.51. The highest BCUT2D eigenvalue weighted by molar-refractivity contribution is 6.00. The van der Waals surface area contributed by atoms with Crippen LogP contribution in [0.25, 0.3) is 0 Å². The summed E-state index contributed by atoms with van der Waals surface area (Å²) < 4.78 is 39.0. The van der Waals surface area contributed by atoms with Gasteiger partial charge < -0.3 is 10.2 Å². The fourth-order valence-electron chi connectivity index (χ4n) is 6.86. The quantitative estimate of drug-likeness (QED) is 0.679. The lowest BCUT2D eigenvalue weighted by Crippen LogP contribution is -2.51. The van der Waals surface area contributed by atoms with Gasteiger partial charge in [0.15, 0.2) is 0 Å². The van der Waals surface area contributed by atoms with E-state index >= 15 is 0 Å². The topological polar surface area (TPSA) is 57.5 Å². The Morgan fingerprint density at radius 2 is 1.85 bits per heavy atom. The molecule has 4 rings (SSSR count). The van der Waals surface area contributed by atoms with Crippen molar-refractivity contribution in [3.8, 4) is 0 Å². The molecule has 0 heterocycles. The van der Waals surface area contributed by atoms with Gasteiger partial charge in [0.25, 0.3) is 5.78 Å². The van der Waals surface area contributed by atoms with Gasteiger partial charge in [0.05, 0.1) is 6.10 Å². The fraction of sp³-hybridized carbons (Fsp3) is 0.762. The van der Waals surface area contributed by atoms with Crippen LogP contribution in [-0.2, 0) is 4.79 Å². The van der Waals surface area contributed by atoms with E-state index < -0.39 is 28.7 Å². The van der Waals surface area contributed by atoms with E-state index in [2.05, 4.69) is 6.92 Å². The first-order chi connectivity index (χ1) is 12.5. The lowest BCUT2D eigenvalue weighted by atomic mass is 9.47. The molecule has 150 valence electrons. The Labute approximate surface area is 157 Å². The molecule has 0 amide bonds. The van der Waals surface area contributed by atoms with Gasteiger partial charge in [-0.2, -0.15) is 13.2 Å². The SMILES string of the molecule is C[C@@]12CC[C@@H]3[C@H](CCC4=CC(O)=C(C(=O)C(F)(F)F)C[C@@]43C)[C@H]1CC[C@@H]2O. The molecule has 0 bridgehead atoms. The van der Waals surface area contributed by atoms with E-state index in [4.69, 9.17) is 0 Å². The third-order valence-electron chi connectivity index (χ3n) is 8.38. The summed E-state index contributed by atoms with van der Waals surface area (Å²) in [5, 5.41) is 20.6. The molecule has 0 aromatic heterocycles. The van der Waals surface area contributed by atoms with Gasteiger partial charge in [-0.15, -0.1) is 0 Å². The van der Waals surface area contributed by atoms with Gasteiger partial charge in [-0.25, -0.2) is 0 Å². The van der Waals surface area contributed by atoms with Crippen molar-refractivity contribution in [2.75, 3.05) is 0 Å². The Morgan fingerprint density at radius 3 is 2.52 bits per heavy atom. The molecule has 0 spiro atoms. The first-order valence-corrected chi connectivity index (χ1v) is 9.91. The monoisotopic (exact) mass is 384 g/mol. The number of rotatable bonds is 1. The van der Waals surface area contributed by atoms with Crippen molar-refractivity contribution in [2.45, 2.75) is 71.1 Å². The van der Waals surface area contributed by atoms with Crippen molar-refractivity contribution in [1.29, 1.82) is 0 Å². The average Bonchev–Trinajstić information content (AvgIpc) is 2.89. The number of Topliss-reactive ketones (excluding diaryl/α,β-unsaturated/α-hetero) is 1. The first-order valence-electron chi connectivity index (χ1n) is 9.91. The van der Waals surface area contributed by atoms with Gasteiger partial charge in [-0.1, -0.05) is 19.4 Å². The minimum absolute atomic E-state index is 0.0455. The van der Waals surface area contributed by atoms with Crippen LogP contribution in [0, 0.1) is 28.6 Å². The van der Waals surface area contributed by atoms with Crippen molar-refractivity contribution < 1.29 is 28.2 Å². The molecule has 0 aliphatic heterocycles. The van der Waals surface area contributed by atoms with Crippen LogP contribution in [0.5, 0.6) is 0 Å². The van der Waals surface area contributed by atoms with Gasteiger partial charge in [0, 0.05) is 5.57 Å². The van der Waals surface area contributed by atoms with E-state index in [-0.39, 0.29) is 23.9 Å². The summed E-state index contributed by atoms with van der Waals surface area (Å²) >= 11 is 0. The van der Waals surface area contributed by atoms with E-state index in [1.54, 1.807) is 0 Å². The van der Waals surface area contributed by atoms with Gasteiger partial charge in [0.2, 0.25) is 0 Å². The zero-order chi connectivity index (χ0) is 19.8. The van der Waals surface area contributed by atoms with Crippen LogP contribution in [0.15, 0.2) is 23.0 Å². The number of ketones is 1. The molecule has 0 saturated heterocycles. The Kier molecular flexibility index (Phi) is 4.12. The van der Waals surface area contributed by atoms with Gasteiger partial charge >= 0.3 is 6.18 Å². The molecule has 3 nitrogen and oxygen atoms in total. The number of alkyl halides is 3. The van der Waals surface area contributed by atoms with Crippen molar-refractivity contribution in [1.82, 2.24) is 0 Å². The standard InChI is InChI=1S/C21H27F3O3/c1-19-8-7-15-12(14(19)5-6-17(19)26)4-3-11-9-16(25)13(10-20(11,15)2)18(27)21(22,23)24/h9,12,14-15,17,25-26H,3-8,10H2,1-2H3/t12-,14-,15-,17+,19-,20+/m1/s1. The van der Waals surface area contributed by atoms with Gasteiger partial charge in [-0.3, -0.25) is 4.79 Å². The highest BCUT2D eigenvalue weighted by Gasteiger charge is 2.59. The van der Waals surface area contributed by atoms with E-state index in [0.29, 0.717) is 11.8 Å². The molecular formula is C21H27F3O3. The van der Waals surface area contributed by atoms with Crippen molar-refractivity contribution in [2.24, 2.45) is 28.6 Å². The minimum Gasteiger partial charge on any atom is -0.508 e. The predicted octanol–water partition coefficient (Wildman–Crippen LogP) is 4.86. The van der Waals surface area contributed by atoms with Crippen molar-refractivity contribution >= 4 is 5.78 Å².